The highest BCUT2D eigenvalue weighted by atomic mass is 16.5. The summed E-state index contributed by atoms with van der Waals surface area (Å²) in [4.78, 5) is 6.56. The van der Waals surface area contributed by atoms with Gasteiger partial charge in [0.1, 0.15) is 30.4 Å². The van der Waals surface area contributed by atoms with E-state index >= 15 is 0 Å². The van der Waals surface area contributed by atoms with Crippen LogP contribution in [0, 0.1) is 20.8 Å². The molecule has 0 spiro atoms. The zero-order valence-electron chi connectivity index (χ0n) is 23.3. The zero-order valence-corrected chi connectivity index (χ0v) is 23.3. The number of methoxy groups -OCH3 is 1. The van der Waals surface area contributed by atoms with Crippen molar-refractivity contribution in [3.63, 3.8) is 0 Å². The van der Waals surface area contributed by atoms with Gasteiger partial charge in [0.2, 0.25) is 0 Å². The minimum Gasteiger partial charge on any atom is -0.493 e. The van der Waals surface area contributed by atoms with E-state index in [1.165, 1.54) is 5.56 Å². The molecule has 0 aliphatic carbocycles. The van der Waals surface area contributed by atoms with E-state index in [1.807, 2.05) is 43.6 Å². The molecule has 3 aromatic rings. The maximum absolute atomic E-state index is 11.4. The smallest absolute Gasteiger partial charge is 0.161 e. The Labute approximate surface area is 226 Å². The van der Waals surface area contributed by atoms with Crippen molar-refractivity contribution in [1.82, 2.24) is 14.5 Å². The van der Waals surface area contributed by atoms with Crippen LogP contribution in [0.3, 0.4) is 0 Å². The molecule has 0 radical (unpaired) electrons. The molecule has 2 aromatic carbocycles. The van der Waals surface area contributed by atoms with Gasteiger partial charge < -0.3 is 28.6 Å². The fraction of sp³-hybridized carbons (Fsp3) is 0.500. The van der Waals surface area contributed by atoms with Crippen LogP contribution in [-0.4, -0.2) is 71.8 Å². The van der Waals surface area contributed by atoms with Gasteiger partial charge >= 0.3 is 0 Å². The first kappa shape index (κ1) is 28.0. The molecule has 1 unspecified atom stereocenters. The van der Waals surface area contributed by atoms with E-state index in [9.17, 15) is 5.11 Å². The topological polar surface area (TPSA) is 78.2 Å². The third-order valence-electron chi connectivity index (χ3n) is 7.04. The van der Waals surface area contributed by atoms with Gasteiger partial charge in [0.25, 0.3) is 0 Å². The van der Waals surface area contributed by atoms with Gasteiger partial charge in [-0.1, -0.05) is 19.1 Å². The maximum Gasteiger partial charge on any atom is 0.161 e. The second-order valence-electron chi connectivity index (χ2n) is 10.2. The lowest BCUT2D eigenvalue weighted by atomic mass is 10.0. The van der Waals surface area contributed by atoms with Crippen LogP contribution < -0.4 is 14.2 Å². The van der Waals surface area contributed by atoms with Crippen LogP contribution in [0.1, 0.15) is 35.0 Å². The van der Waals surface area contributed by atoms with Gasteiger partial charge in [-0.2, -0.15) is 0 Å². The number of aliphatic hydroxyl groups is 1. The van der Waals surface area contributed by atoms with Crippen LogP contribution in [-0.2, 0) is 24.2 Å². The van der Waals surface area contributed by atoms with Gasteiger partial charge in [0.15, 0.2) is 11.5 Å². The summed E-state index contributed by atoms with van der Waals surface area (Å²) in [5.41, 5.74) is 3.38. The molecule has 206 valence electrons. The molecule has 1 aliphatic rings. The molecule has 1 saturated heterocycles. The van der Waals surface area contributed by atoms with E-state index in [1.54, 1.807) is 7.11 Å². The molecule has 1 atom stereocenters. The van der Waals surface area contributed by atoms with Gasteiger partial charge in [-0.05, 0) is 61.2 Å². The van der Waals surface area contributed by atoms with Crippen molar-refractivity contribution < 1.29 is 24.1 Å². The number of β-amino-alcohol motifs (C(OH)–C–C–N with tert-alkyl or cyclic N) is 1. The average Bonchev–Trinajstić information content (AvgIpc) is 3.27. The summed E-state index contributed by atoms with van der Waals surface area (Å²) in [6, 6.07) is 10.2. The molecule has 38 heavy (non-hydrogen) atoms. The number of ether oxygens (including phenoxy) is 4. The van der Waals surface area contributed by atoms with Crippen LogP contribution >= 0.6 is 0 Å². The number of aryl methyl sites for hydroxylation is 3. The van der Waals surface area contributed by atoms with Crippen molar-refractivity contribution in [3.8, 4) is 17.2 Å². The lowest BCUT2D eigenvalue weighted by Crippen LogP contribution is -2.48. The van der Waals surface area contributed by atoms with E-state index in [4.69, 9.17) is 18.9 Å². The first-order valence-electron chi connectivity index (χ1n) is 13.3. The Bertz CT molecular complexity index is 1210. The molecule has 1 fully saturated rings. The second-order valence-corrected chi connectivity index (χ2v) is 10.2. The highest BCUT2D eigenvalue weighted by Crippen LogP contribution is 2.29. The predicted molar refractivity (Wildman–Crippen MR) is 147 cm³/mol. The van der Waals surface area contributed by atoms with Crippen molar-refractivity contribution in [2.45, 2.75) is 52.8 Å². The Balaban J connectivity index is 1.37. The van der Waals surface area contributed by atoms with E-state index in [0.29, 0.717) is 37.8 Å². The van der Waals surface area contributed by atoms with Crippen LogP contribution in [0.2, 0.25) is 0 Å². The number of hydrogen-bond acceptors (Lipinski definition) is 7. The highest BCUT2D eigenvalue weighted by molar-refractivity contribution is 5.43. The van der Waals surface area contributed by atoms with Crippen molar-refractivity contribution in [2.24, 2.45) is 0 Å². The van der Waals surface area contributed by atoms with Gasteiger partial charge in [0.05, 0.1) is 26.9 Å². The first-order chi connectivity index (χ1) is 18.3. The first-order valence-corrected chi connectivity index (χ1v) is 13.3. The Morgan fingerprint density at radius 3 is 2.71 bits per heavy atom. The molecule has 1 aliphatic heterocycles. The van der Waals surface area contributed by atoms with Crippen molar-refractivity contribution in [1.29, 1.82) is 0 Å². The molecule has 0 saturated carbocycles. The number of benzene rings is 2. The fourth-order valence-corrected chi connectivity index (χ4v) is 4.88. The number of aromatic nitrogens is 2. The summed E-state index contributed by atoms with van der Waals surface area (Å²) in [5, 5.41) is 11.4. The van der Waals surface area contributed by atoms with Crippen molar-refractivity contribution in [3.05, 3.63) is 70.8 Å². The zero-order chi connectivity index (χ0) is 27.1. The van der Waals surface area contributed by atoms with Crippen LogP contribution in [0.25, 0.3) is 0 Å². The third-order valence-corrected chi connectivity index (χ3v) is 7.04. The second kappa shape index (κ2) is 12.7. The number of imidazole rings is 1. The molecule has 1 N–H and O–H groups in total. The summed E-state index contributed by atoms with van der Waals surface area (Å²) in [7, 11) is 1.65. The van der Waals surface area contributed by atoms with Crippen LogP contribution in [0.4, 0.5) is 0 Å². The quantitative estimate of drug-likeness (QED) is 0.405. The van der Waals surface area contributed by atoms with Gasteiger partial charge in [-0.15, -0.1) is 0 Å². The molecule has 0 bridgehead atoms. The van der Waals surface area contributed by atoms with Crippen molar-refractivity contribution in [2.75, 3.05) is 46.6 Å². The molecule has 8 heteroatoms. The Kier molecular flexibility index (Phi) is 9.31. The molecule has 2 heterocycles. The summed E-state index contributed by atoms with van der Waals surface area (Å²) in [6.45, 7) is 12.3. The number of nitrogens with zero attached hydrogens (tertiary/aromatic N) is 3. The number of hydrogen-bond donors (Lipinski definition) is 1. The lowest BCUT2D eigenvalue weighted by molar-refractivity contribution is -0.0648. The lowest BCUT2D eigenvalue weighted by Gasteiger charge is -2.31. The van der Waals surface area contributed by atoms with E-state index < -0.39 is 5.60 Å². The summed E-state index contributed by atoms with van der Waals surface area (Å²) >= 11 is 0. The minimum atomic E-state index is -1.11. The van der Waals surface area contributed by atoms with Gasteiger partial charge in [-0.25, -0.2) is 4.98 Å². The minimum absolute atomic E-state index is 0.167. The van der Waals surface area contributed by atoms with Crippen LogP contribution in [0.5, 0.6) is 17.2 Å². The Hall–Kier alpha value is -3.07. The van der Waals surface area contributed by atoms with E-state index in [2.05, 4.69) is 41.3 Å². The molecule has 0 amide bonds. The SMILES string of the molecule is CCc1nccn1CCOc1ccc(CN2CCOCC(O)(COc3cc(C)cc(C)c3C)C2)cc1OC. The molecule has 1 aromatic heterocycles. The van der Waals surface area contributed by atoms with E-state index in [-0.39, 0.29) is 13.2 Å². The summed E-state index contributed by atoms with van der Waals surface area (Å²) in [6.07, 6.45) is 4.68. The molecular weight excluding hydrogens is 482 g/mol. The van der Waals surface area contributed by atoms with E-state index in [0.717, 1.165) is 47.8 Å². The van der Waals surface area contributed by atoms with Crippen molar-refractivity contribution >= 4 is 0 Å². The number of rotatable bonds is 11. The highest BCUT2D eigenvalue weighted by Gasteiger charge is 2.34. The summed E-state index contributed by atoms with van der Waals surface area (Å²) in [5.74, 6) is 3.26. The predicted octanol–water partition coefficient (Wildman–Crippen LogP) is 4.10. The molecular formula is C30H41N3O5. The monoisotopic (exact) mass is 523 g/mol. The normalized spacial score (nSPS) is 18.3. The average molecular weight is 524 g/mol. The maximum atomic E-state index is 11.4. The third kappa shape index (κ3) is 7.07. The van der Waals surface area contributed by atoms with Gasteiger partial charge in [0, 0.05) is 38.4 Å². The standard InChI is InChI=1S/C30H41N3O5/c1-6-29-31-9-10-33(29)12-14-37-26-8-7-25(17-28(26)35-5)18-32-11-13-36-20-30(34,19-32)21-38-27-16-22(2)15-23(3)24(27)4/h7-10,15-17,34H,6,11-14,18-21H2,1-5H3. The van der Waals surface area contributed by atoms with Gasteiger partial charge in [-0.3, -0.25) is 4.90 Å². The summed E-state index contributed by atoms with van der Waals surface area (Å²) < 4.78 is 25.7. The fourth-order valence-electron chi connectivity index (χ4n) is 4.88. The largest absolute Gasteiger partial charge is 0.493 e. The van der Waals surface area contributed by atoms with Crippen LogP contribution in [0.15, 0.2) is 42.7 Å². The molecule has 4 rings (SSSR count). The molecule has 8 nitrogen and oxygen atoms in total. The Morgan fingerprint density at radius 2 is 1.92 bits per heavy atom. The Morgan fingerprint density at radius 1 is 1.08 bits per heavy atom.